The van der Waals surface area contributed by atoms with Gasteiger partial charge in [0.25, 0.3) is 5.69 Å². The molecule has 1 unspecified atom stereocenters. The summed E-state index contributed by atoms with van der Waals surface area (Å²) in [6.07, 6.45) is 1.70. The summed E-state index contributed by atoms with van der Waals surface area (Å²) in [5.74, 6) is -0.374. The molecule has 1 saturated heterocycles. The Morgan fingerprint density at radius 1 is 1.40 bits per heavy atom. The monoisotopic (exact) mass is 299 g/mol. The fourth-order valence-electron chi connectivity index (χ4n) is 2.26. The number of piperidine rings is 1. The minimum Gasteiger partial charge on any atom is -0.315 e. The second-order valence-corrected chi connectivity index (χ2v) is 6.56. The van der Waals surface area contributed by atoms with Crippen molar-refractivity contribution in [3.63, 3.8) is 0 Å². The molecule has 0 bridgehead atoms. The van der Waals surface area contributed by atoms with Crippen molar-refractivity contribution in [2.75, 3.05) is 13.1 Å². The summed E-state index contributed by atoms with van der Waals surface area (Å²) in [7, 11) is -3.58. The highest BCUT2D eigenvalue weighted by Gasteiger charge is 2.23. The molecule has 0 saturated carbocycles. The number of benzene rings is 1. The molecule has 1 fully saturated rings. The van der Waals surface area contributed by atoms with E-state index in [1.807, 2.05) is 0 Å². The highest BCUT2D eigenvalue weighted by Crippen LogP contribution is 2.20. The normalized spacial score (nSPS) is 19.7. The molecule has 1 aliphatic heterocycles. The third kappa shape index (κ3) is 3.99. The third-order valence-electron chi connectivity index (χ3n) is 3.18. The van der Waals surface area contributed by atoms with Crippen molar-refractivity contribution in [1.82, 2.24) is 10.0 Å². The maximum Gasteiger partial charge on any atom is 0.273 e. The molecule has 20 heavy (non-hydrogen) atoms. The summed E-state index contributed by atoms with van der Waals surface area (Å²) in [4.78, 5) is 10.3. The first-order chi connectivity index (χ1) is 9.48. The van der Waals surface area contributed by atoms with Gasteiger partial charge in [0.05, 0.1) is 10.7 Å². The number of sulfonamides is 1. The van der Waals surface area contributed by atoms with Crippen molar-refractivity contribution < 1.29 is 13.3 Å². The first kappa shape index (κ1) is 14.9. The molecule has 0 aromatic heterocycles. The van der Waals surface area contributed by atoms with E-state index in [0.29, 0.717) is 6.54 Å². The number of para-hydroxylation sites is 1. The van der Waals surface area contributed by atoms with E-state index in [4.69, 9.17) is 0 Å². The van der Waals surface area contributed by atoms with E-state index < -0.39 is 14.9 Å². The van der Waals surface area contributed by atoms with E-state index in [2.05, 4.69) is 10.0 Å². The number of nitro benzene ring substituents is 1. The van der Waals surface area contributed by atoms with E-state index in [1.165, 1.54) is 18.2 Å². The van der Waals surface area contributed by atoms with Crippen molar-refractivity contribution in [3.05, 3.63) is 39.9 Å². The zero-order chi connectivity index (χ0) is 14.6. The van der Waals surface area contributed by atoms with Gasteiger partial charge in [-0.25, -0.2) is 13.1 Å². The Morgan fingerprint density at radius 2 is 2.15 bits per heavy atom. The molecule has 8 heteroatoms. The number of nitrogens with one attached hydrogen (secondary N) is 2. The summed E-state index contributed by atoms with van der Waals surface area (Å²) in [6.45, 7) is 1.48. The maximum absolute atomic E-state index is 12.1. The van der Waals surface area contributed by atoms with Crippen LogP contribution in [0.2, 0.25) is 0 Å². The van der Waals surface area contributed by atoms with Gasteiger partial charge in [0.2, 0.25) is 10.0 Å². The average Bonchev–Trinajstić information content (AvgIpc) is 2.39. The summed E-state index contributed by atoms with van der Waals surface area (Å²) >= 11 is 0. The Hall–Kier alpha value is -1.51. The SMILES string of the molecule is O=[N+]([O-])c1ccccc1CS(=O)(=O)NC1CCCNC1. The minimum absolute atomic E-state index is 0.142. The Balaban J connectivity index is 2.10. The van der Waals surface area contributed by atoms with Gasteiger partial charge < -0.3 is 5.32 Å². The quantitative estimate of drug-likeness (QED) is 0.617. The van der Waals surface area contributed by atoms with Crippen LogP contribution in [0.4, 0.5) is 5.69 Å². The summed E-state index contributed by atoms with van der Waals surface area (Å²) in [5.41, 5.74) is 0.0356. The van der Waals surface area contributed by atoms with E-state index >= 15 is 0 Å². The van der Waals surface area contributed by atoms with Gasteiger partial charge in [0, 0.05) is 24.2 Å². The van der Waals surface area contributed by atoms with Crippen LogP contribution in [0.25, 0.3) is 0 Å². The molecule has 1 heterocycles. The number of nitrogens with zero attached hydrogens (tertiary/aromatic N) is 1. The molecule has 7 nitrogen and oxygen atoms in total. The molecule has 1 aromatic rings. The smallest absolute Gasteiger partial charge is 0.273 e. The lowest BCUT2D eigenvalue weighted by molar-refractivity contribution is -0.385. The molecule has 2 rings (SSSR count). The van der Waals surface area contributed by atoms with Crippen LogP contribution in [0.5, 0.6) is 0 Å². The molecule has 110 valence electrons. The van der Waals surface area contributed by atoms with E-state index in [0.717, 1.165) is 19.4 Å². The second kappa shape index (κ2) is 6.29. The fourth-order valence-corrected chi connectivity index (χ4v) is 3.71. The predicted octanol–water partition coefficient (Wildman–Crippen LogP) is 0.766. The second-order valence-electron chi connectivity index (χ2n) is 4.81. The largest absolute Gasteiger partial charge is 0.315 e. The highest BCUT2D eigenvalue weighted by atomic mass is 32.2. The number of rotatable bonds is 5. The molecule has 2 N–H and O–H groups in total. The molecule has 1 aromatic carbocycles. The van der Waals surface area contributed by atoms with Gasteiger partial charge >= 0.3 is 0 Å². The van der Waals surface area contributed by atoms with E-state index in [9.17, 15) is 18.5 Å². The van der Waals surface area contributed by atoms with Crippen molar-refractivity contribution in [2.24, 2.45) is 0 Å². The lowest BCUT2D eigenvalue weighted by atomic mass is 10.1. The van der Waals surface area contributed by atoms with Crippen LogP contribution in [0.15, 0.2) is 24.3 Å². The van der Waals surface area contributed by atoms with E-state index in [-0.39, 0.29) is 23.0 Å². The Bertz CT molecular complexity index is 582. The standard InChI is InChI=1S/C12H17N3O4S/c16-15(17)12-6-2-1-4-10(12)9-20(18,19)14-11-5-3-7-13-8-11/h1-2,4,6,11,13-14H,3,5,7-9H2. The number of nitro groups is 1. The first-order valence-electron chi connectivity index (χ1n) is 6.41. The molecular formula is C12H17N3O4S. The minimum atomic E-state index is -3.58. The van der Waals surface area contributed by atoms with Crippen molar-refractivity contribution in [2.45, 2.75) is 24.6 Å². The lowest BCUT2D eigenvalue weighted by Crippen LogP contribution is -2.45. The summed E-state index contributed by atoms with van der Waals surface area (Å²) < 4.78 is 26.8. The predicted molar refractivity (Wildman–Crippen MR) is 74.7 cm³/mol. The van der Waals surface area contributed by atoms with Crippen LogP contribution in [0, 0.1) is 10.1 Å². The van der Waals surface area contributed by atoms with Crippen LogP contribution >= 0.6 is 0 Å². The van der Waals surface area contributed by atoms with Crippen molar-refractivity contribution in [1.29, 1.82) is 0 Å². The van der Waals surface area contributed by atoms with Crippen LogP contribution in [0.3, 0.4) is 0 Å². The van der Waals surface area contributed by atoms with Gasteiger partial charge in [-0.15, -0.1) is 0 Å². The molecular weight excluding hydrogens is 282 g/mol. The van der Waals surface area contributed by atoms with Crippen LogP contribution in [0.1, 0.15) is 18.4 Å². The average molecular weight is 299 g/mol. The highest BCUT2D eigenvalue weighted by molar-refractivity contribution is 7.88. The first-order valence-corrected chi connectivity index (χ1v) is 8.06. The van der Waals surface area contributed by atoms with Gasteiger partial charge in [-0.3, -0.25) is 10.1 Å². The van der Waals surface area contributed by atoms with Crippen molar-refractivity contribution in [3.8, 4) is 0 Å². The third-order valence-corrected chi connectivity index (χ3v) is 4.56. The molecule has 1 aliphatic rings. The molecule has 1 atom stereocenters. The van der Waals surface area contributed by atoms with Gasteiger partial charge in [0.1, 0.15) is 0 Å². The number of hydrogen-bond donors (Lipinski definition) is 2. The maximum atomic E-state index is 12.1. The zero-order valence-corrected chi connectivity index (χ0v) is 11.7. The van der Waals surface area contributed by atoms with Gasteiger partial charge in [-0.05, 0) is 19.4 Å². The van der Waals surface area contributed by atoms with E-state index in [1.54, 1.807) is 6.07 Å². The zero-order valence-electron chi connectivity index (χ0n) is 10.9. The number of hydrogen-bond acceptors (Lipinski definition) is 5. The van der Waals surface area contributed by atoms with Crippen LogP contribution in [-0.2, 0) is 15.8 Å². The molecule has 0 radical (unpaired) electrons. The molecule has 0 aliphatic carbocycles. The van der Waals surface area contributed by atoms with Gasteiger partial charge in [0.15, 0.2) is 0 Å². The molecule has 0 spiro atoms. The topological polar surface area (TPSA) is 101 Å². The molecule has 0 amide bonds. The summed E-state index contributed by atoms with van der Waals surface area (Å²) in [6, 6.07) is 5.76. The van der Waals surface area contributed by atoms with Crippen molar-refractivity contribution >= 4 is 15.7 Å². The Labute approximate surface area is 117 Å². The Kier molecular flexibility index (Phi) is 4.69. The van der Waals surface area contributed by atoms with Crippen LogP contribution < -0.4 is 10.0 Å². The lowest BCUT2D eigenvalue weighted by Gasteiger charge is -2.23. The Morgan fingerprint density at radius 3 is 2.80 bits per heavy atom. The fraction of sp³-hybridized carbons (Fsp3) is 0.500. The van der Waals surface area contributed by atoms with Gasteiger partial charge in [-0.1, -0.05) is 18.2 Å². The van der Waals surface area contributed by atoms with Crippen LogP contribution in [-0.4, -0.2) is 32.5 Å². The van der Waals surface area contributed by atoms with Gasteiger partial charge in [-0.2, -0.15) is 0 Å². The summed E-state index contributed by atoms with van der Waals surface area (Å²) in [5, 5.41) is 14.0.